The average Bonchev–Trinajstić information content (AvgIpc) is 2.90. The summed E-state index contributed by atoms with van der Waals surface area (Å²) in [6.07, 6.45) is 4.51. The van der Waals surface area contributed by atoms with E-state index in [4.69, 9.17) is 9.47 Å². The van der Waals surface area contributed by atoms with Gasteiger partial charge in [-0.3, -0.25) is 14.5 Å². The Balaban J connectivity index is 1.39. The van der Waals surface area contributed by atoms with Crippen LogP contribution in [-0.2, 0) is 0 Å². The maximum absolute atomic E-state index is 12.3. The zero-order chi connectivity index (χ0) is 17.2. The summed E-state index contributed by atoms with van der Waals surface area (Å²) in [7, 11) is 0. The summed E-state index contributed by atoms with van der Waals surface area (Å²) in [5.41, 5.74) is 1.97. The number of rotatable bonds is 4. The van der Waals surface area contributed by atoms with Crippen LogP contribution in [-0.4, -0.2) is 36.5 Å². The highest BCUT2D eigenvalue weighted by Gasteiger charge is 2.34. The lowest BCUT2D eigenvalue weighted by Gasteiger charge is -2.18. The molecule has 2 heterocycles. The zero-order valence-electron chi connectivity index (χ0n) is 13.6. The predicted octanol–water partition coefficient (Wildman–Crippen LogP) is 3.16. The number of ether oxygens (including phenoxy) is 2. The normalized spacial score (nSPS) is 15.8. The van der Waals surface area contributed by atoms with Crippen LogP contribution in [0.4, 0.5) is 0 Å². The van der Waals surface area contributed by atoms with Gasteiger partial charge >= 0.3 is 0 Å². The summed E-state index contributed by atoms with van der Waals surface area (Å²) in [4.78, 5) is 25.9. The van der Waals surface area contributed by atoms with E-state index in [2.05, 4.69) is 0 Å². The van der Waals surface area contributed by atoms with Crippen LogP contribution < -0.4 is 9.47 Å². The Kier molecular flexibility index (Phi) is 3.98. The molecule has 5 heteroatoms. The molecule has 0 radical (unpaired) electrons. The van der Waals surface area contributed by atoms with Gasteiger partial charge in [0.25, 0.3) is 11.8 Å². The van der Waals surface area contributed by atoms with Crippen molar-refractivity contribution in [1.82, 2.24) is 4.90 Å². The monoisotopic (exact) mass is 335 g/mol. The van der Waals surface area contributed by atoms with Crippen molar-refractivity contribution in [2.45, 2.75) is 6.42 Å². The van der Waals surface area contributed by atoms with Crippen LogP contribution >= 0.6 is 0 Å². The van der Waals surface area contributed by atoms with Crippen LogP contribution in [0.25, 0.3) is 6.08 Å². The first kappa shape index (κ1) is 15.4. The topological polar surface area (TPSA) is 55.8 Å². The van der Waals surface area contributed by atoms with Crippen molar-refractivity contribution in [3.05, 3.63) is 65.2 Å². The number of nitrogens with zero attached hydrogens (tertiary/aromatic N) is 1. The van der Waals surface area contributed by atoms with Gasteiger partial charge < -0.3 is 9.47 Å². The Morgan fingerprint density at radius 1 is 0.920 bits per heavy atom. The van der Waals surface area contributed by atoms with Gasteiger partial charge in [0.2, 0.25) is 0 Å². The minimum absolute atomic E-state index is 0.215. The van der Waals surface area contributed by atoms with Crippen molar-refractivity contribution in [3.63, 3.8) is 0 Å². The van der Waals surface area contributed by atoms with Crippen LogP contribution in [0.15, 0.2) is 48.5 Å². The molecule has 0 spiro atoms. The van der Waals surface area contributed by atoms with Gasteiger partial charge in [-0.25, -0.2) is 0 Å². The van der Waals surface area contributed by atoms with E-state index in [0.29, 0.717) is 37.3 Å². The highest BCUT2D eigenvalue weighted by molar-refractivity contribution is 6.21. The molecule has 2 aliphatic heterocycles. The molecule has 4 rings (SSSR count). The van der Waals surface area contributed by atoms with E-state index in [9.17, 15) is 9.59 Å². The third kappa shape index (κ3) is 2.89. The first-order valence-electron chi connectivity index (χ1n) is 8.25. The molecule has 0 aliphatic carbocycles. The van der Waals surface area contributed by atoms with E-state index in [-0.39, 0.29) is 11.8 Å². The molecule has 0 unspecified atom stereocenters. The number of benzene rings is 2. The Morgan fingerprint density at radius 3 is 2.32 bits per heavy atom. The molecule has 126 valence electrons. The van der Waals surface area contributed by atoms with E-state index in [1.54, 1.807) is 24.3 Å². The molecule has 2 aliphatic rings. The van der Waals surface area contributed by atoms with Gasteiger partial charge in [0, 0.05) is 6.54 Å². The first-order valence-corrected chi connectivity index (χ1v) is 8.25. The van der Waals surface area contributed by atoms with Gasteiger partial charge in [-0.05, 0) is 36.2 Å². The van der Waals surface area contributed by atoms with Crippen LogP contribution in [0.3, 0.4) is 0 Å². The van der Waals surface area contributed by atoms with Gasteiger partial charge in [-0.2, -0.15) is 0 Å². The fourth-order valence-electron chi connectivity index (χ4n) is 3.03. The quantitative estimate of drug-likeness (QED) is 0.806. The molecular formula is C20H17NO4. The Hall–Kier alpha value is -3.08. The minimum Gasteiger partial charge on any atom is -0.486 e. The molecule has 2 aromatic rings. The molecule has 0 saturated heterocycles. The molecule has 0 bridgehead atoms. The average molecular weight is 335 g/mol. The highest BCUT2D eigenvalue weighted by atomic mass is 16.6. The molecule has 2 aromatic carbocycles. The summed E-state index contributed by atoms with van der Waals surface area (Å²) in [6, 6.07) is 12.7. The third-order valence-corrected chi connectivity index (χ3v) is 4.27. The van der Waals surface area contributed by atoms with Gasteiger partial charge in [0.1, 0.15) is 13.2 Å². The van der Waals surface area contributed by atoms with E-state index in [0.717, 1.165) is 17.1 Å². The van der Waals surface area contributed by atoms with Crippen LogP contribution in [0, 0.1) is 0 Å². The first-order chi connectivity index (χ1) is 12.2. The van der Waals surface area contributed by atoms with Crippen LogP contribution in [0.5, 0.6) is 11.5 Å². The molecule has 0 atom stereocenters. The lowest BCUT2D eigenvalue weighted by molar-refractivity contribution is 0.0657. The Bertz CT molecular complexity index is 837. The number of fused-ring (bicyclic) bond motifs is 2. The van der Waals surface area contributed by atoms with Crippen molar-refractivity contribution in [3.8, 4) is 11.5 Å². The van der Waals surface area contributed by atoms with Crippen molar-refractivity contribution >= 4 is 17.9 Å². The smallest absolute Gasteiger partial charge is 0.261 e. The van der Waals surface area contributed by atoms with E-state index in [1.165, 1.54) is 4.90 Å². The fraction of sp³-hybridized carbons (Fsp3) is 0.200. The number of amides is 2. The lowest BCUT2D eigenvalue weighted by Crippen LogP contribution is -2.30. The van der Waals surface area contributed by atoms with Crippen LogP contribution in [0.2, 0.25) is 0 Å². The van der Waals surface area contributed by atoms with E-state index < -0.39 is 0 Å². The molecule has 0 saturated carbocycles. The number of carbonyl (C=O) groups excluding carboxylic acids is 2. The van der Waals surface area contributed by atoms with E-state index in [1.807, 2.05) is 30.4 Å². The second-order valence-electron chi connectivity index (χ2n) is 5.90. The van der Waals surface area contributed by atoms with Crippen molar-refractivity contribution < 1.29 is 19.1 Å². The van der Waals surface area contributed by atoms with Gasteiger partial charge in [0.05, 0.1) is 11.1 Å². The number of carbonyl (C=O) groups is 2. The predicted molar refractivity (Wildman–Crippen MR) is 92.9 cm³/mol. The summed E-state index contributed by atoms with van der Waals surface area (Å²) < 4.78 is 11.1. The SMILES string of the molecule is O=C1c2ccccc2C(=O)N1CC/C=C/c1ccc2c(c1)OCCO2. The third-order valence-electron chi connectivity index (χ3n) is 4.27. The molecular weight excluding hydrogens is 318 g/mol. The lowest BCUT2D eigenvalue weighted by atomic mass is 10.1. The Morgan fingerprint density at radius 2 is 1.60 bits per heavy atom. The van der Waals surface area contributed by atoms with Crippen molar-refractivity contribution in [1.29, 1.82) is 0 Å². The summed E-state index contributed by atoms with van der Waals surface area (Å²) >= 11 is 0. The highest BCUT2D eigenvalue weighted by Crippen LogP contribution is 2.31. The van der Waals surface area contributed by atoms with Gasteiger partial charge in [-0.1, -0.05) is 30.4 Å². The summed E-state index contributed by atoms with van der Waals surface area (Å²) in [6.45, 7) is 1.50. The second-order valence-corrected chi connectivity index (χ2v) is 5.90. The molecule has 0 N–H and O–H groups in total. The second kappa shape index (κ2) is 6.43. The molecule has 0 aromatic heterocycles. The van der Waals surface area contributed by atoms with Crippen LogP contribution in [0.1, 0.15) is 32.7 Å². The maximum atomic E-state index is 12.3. The zero-order valence-corrected chi connectivity index (χ0v) is 13.6. The fourth-order valence-corrected chi connectivity index (χ4v) is 3.03. The summed E-state index contributed by atoms with van der Waals surface area (Å²) in [5.74, 6) is 1.07. The molecule has 5 nitrogen and oxygen atoms in total. The minimum atomic E-state index is -0.215. The number of imide groups is 1. The molecule has 25 heavy (non-hydrogen) atoms. The largest absolute Gasteiger partial charge is 0.486 e. The molecule has 0 fully saturated rings. The number of hydrogen-bond acceptors (Lipinski definition) is 4. The van der Waals surface area contributed by atoms with E-state index >= 15 is 0 Å². The molecule has 2 amide bonds. The Labute approximate surface area is 145 Å². The maximum Gasteiger partial charge on any atom is 0.261 e. The van der Waals surface area contributed by atoms with Gasteiger partial charge in [0.15, 0.2) is 11.5 Å². The summed E-state index contributed by atoms with van der Waals surface area (Å²) in [5, 5.41) is 0. The number of hydrogen-bond donors (Lipinski definition) is 0. The van der Waals surface area contributed by atoms with Gasteiger partial charge in [-0.15, -0.1) is 0 Å². The standard InChI is InChI=1S/C20H17NO4/c22-19-15-6-1-2-7-16(15)20(23)21(19)10-4-3-5-14-8-9-17-18(13-14)25-12-11-24-17/h1-3,5-9,13H,4,10-12H2/b5-3+. The van der Waals surface area contributed by atoms with Crippen molar-refractivity contribution in [2.75, 3.05) is 19.8 Å². The van der Waals surface area contributed by atoms with Crippen molar-refractivity contribution in [2.24, 2.45) is 0 Å².